The Morgan fingerprint density at radius 2 is 2.05 bits per heavy atom. The van der Waals surface area contributed by atoms with Crippen molar-refractivity contribution in [3.63, 3.8) is 0 Å². The van der Waals surface area contributed by atoms with Crippen LogP contribution in [0, 0.1) is 5.92 Å². The van der Waals surface area contributed by atoms with E-state index in [9.17, 15) is 8.42 Å². The second-order valence-electron chi connectivity index (χ2n) is 5.82. The first-order valence-electron chi connectivity index (χ1n) is 7.66. The van der Waals surface area contributed by atoms with Gasteiger partial charge in [-0.1, -0.05) is 19.1 Å². The van der Waals surface area contributed by atoms with Crippen LogP contribution < -0.4 is 10.1 Å². The molecule has 1 heterocycles. The van der Waals surface area contributed by atoms with E-state index in [2.05, 4.69) is 31.3 Å². The van der Waals surface area contributed by atoms with Crippen molar-refractivity contribution in [2.45, 2.75) is 32.7 Å². The van der Waals surface area contributed by atoms with Gasteiger partial charge >= 0.3 is 0 Å². The van der Waals surface area contributed by atoms with Crippen LogP contribution in [-0.4, -0.2) is 33.1 Å². The highest BCUT2D eigenvalue weighted by atomic mass is 32.2. The molecular weight excluding hydrogens is 286 g/mol. The molecule has 1 aromatic rings. The summed E-state index contributed by atoms with van der Waals surface area (Å²) in [4.78, 5) is 0. The Morgan fingerprint density at radius 1 is 1.33 bits per heavy atom. The van der Waals surface area contributed by atoms with Gasteiger partial charge in [0.2, 0.25) is 0 Å². The van der Waals surface area contributed by atoms with E-state index in [1.807, 2.05) is 12.1 Å². The molecule has 1 N–H and O–H groups in total. The minimum atomic E-state index is -2.78. The summed E-state index contributed by atoms with van der Waals surface area (Å²) in [6.07, 6.45) is 1.79. The summed E-state index contributed by atoms with van der Waals surface area (Å²) in [5.74, 6) is 1.83. The monoisotopic (exact) mass is 311 g/mol. The van der Waals surface area contributed by atoms with E-state index >= 15 is 0 Å². The lowest BCUT2D eigenvalue weighted by Gasteiger charge is -2.17. The fraction of sp³-hybridized carbons (Fsp3) is 0.625. The fourth-order valence-electron chi connectivity index (χ4n) is 2.57. The third kappa shape index (κ3) is 5.00. The lowest BCUT2D eigenvalue weighted by molar-refractivity contribution is 0.317. The quantitative estimate of drug-likeness (QED) is 0.841. The summed E-state index contributed by atoms with van der Waals surface area (Å²) in [5, 5.41) is 3.44. The first kappa shape index (κ1) is 16.3. The number of ether oxygens (including phenoxy) is 1. The zero-order valence-electron chi connectivity index (χ0n) is 12.8. The molecule has 0 aromatic heterocycles. The smallest absolute Gasteiger partial charge is 0.150 e. The first-order chi connectivity index (χ1) is 10.00. The molecule has 0 amide bonds. The zero-order valence-corrected chi connectivity index (χ0v) is 13.7. The average Bonchev–Trinajstić information content (AvgIpc) is 2.82. The van der Waals surface area contributed by atoms with Gasteiger partial charge in [0, 0.05) is 6.04 Å². The molecule has 1 aromatic carbocycles. The number of benzene rings is 1. The Hall–Kier alpha value is -1.07. The molecule has 0 aliphatic carbocycles. The Labute approximate surface area is 127 Å². The predicted octanol–water partition coefficient (Wildman–Crippen LogP) is 2.56. The van der Waals surface area contributed by atoms with Gasteiger partial charge in [0.25, 0.3) is 0 Å². The van der Waals surface area contributed by atoms with E-state index in [0.29, 0.717) is 11.5 Å². The van der Waals surface area contributed by atoms with Crippen molar-refractivity contribution in [1.29, 1.82) is 0 Å². The summed E-state index contributed by atoms with van der Waals surface area (Å²) in [6.45, 7) is 5.69. The van der Waals surface area contributed by atoms with Crippen molar-refractivity contribution in [2.24, 2.45) is 5.92 Å². The van der Waals surface area contributed by atoms with Gasteiger partial charge in [0.15, 0.2) is 9.84 Å². The van der Waals surface area contributed by atoms with Gasteiger partial charge in [-0.25, -0.2) is 8.42 Å². The maximum absolute atomic E-state index is 11.4. The predicted molar refractivity (Wildman–Crippen MR) is 85.4 cm³/mol. The molecule has 0 bridgehead atoms. The zero-order chi connectivity index (χ0) is 15.3. The summed E-state index contributed by atoms with van der Waals surface area (Å²) in [6, 6.07) is 8.32. The normalized spacial score (nSPS) is 22.1. The molecule has 2 unspecified atom stereocenters. The van der Waals surface area contributed by atoms with Crippen LogP contribution in [0.2, 0.25) is 0 Å². The van der Waals surface area contributed by atoms with Crippen molar-refractivity contribution in [1.82, 2.24) is 5.32 Å². The van der Waals surface area contributed by atoms with E-state index in [1.165, 1.54) is 5.56 Å². The third-order valence-electron chi connectivity index (χ3n) is 3.89. The summed E-state index contributed by atoms with van der Waals surface area (Å²) in [7, 11) is -2.78. The molecule has 2 atom stereocenters. The Bertz CT molecular complexity index is 539. The minimum Gasteiger partial charge on any atom is -0.494 e. The molecule has 4 nitrogen and oxygen atoms in total. The molecule has 21 heavy (non-hydrogen) atoms. The van der Waals surface area contributed by atoms with E-state index in [0.717, 1.165) is 31.7 Å². The van der Waals surface area contributed by atoms with E-state index in [4.69, 9.17) is 4.74 Å². The number of hydrogen-bond acceptors (Lipinski definition) is 4. The van der Waals surface area contributed by atoms with Crippen molar-refractivity contribution < 1.29 is 13.2 Å². The second-order valence-corrected chi connectivity index (χ2v) is 8.05. The maximum Gasteiger partial charge on any atom is 0.150 e. The van der Waals surface area contributed by atoms with Crippen molar-refractivity contribution in [3.05, 3.63) is 29.8 Å². The van der Waals surface area contributed by atoms with Crippen molar-refractivity contribution in [2.75, 3.05) is 24.7 Å². The van der Waals surface area contributed by atoms with Crippen LogP contribution in [0.3, 0.4) is 0 Å². The van der Waals surface area contributed by atoms with Gasteiger partial charge < -0.3 is 10.1 Å². The van der Waals surface area contributed by atoms with Crippen LogP contribution in [0.25, 0.3) is 0 Å². The van der Waals surface area contributed by atoms with E-state index < -0.39 is 9.84 Å². The topological polar surface area (TPSA) is 55.4 Å². The minimum absolute atomic E-state index is 0.216. The molecule has 1 fully saturated rings. The molecular formula is C16H25NO3S. The van der Waals surface area contributed by atoms with Gasteiger partial charge in [-0.05, 0) is 49.9 Å². The molecule has 2 rings (SSSR count). The molecule has 1 aliphatic rings. The number of hydrogen-bond donors (Lipinski definition) is 1. The molecule has 118 valence electrons. The van der Waals surface area contributed by atoms with Gasteiger partial charge in [0.1, 0.15) is 5.75 Å². The number of sulfone groups is 1. The lowest BCUT2D eigenvalue weighted by atomic mass is 10.1. The van der Waals surface area contributed by atoms with Gasteiger partial charge in [-0.15, -0.1) is 0 Å². The molecule has 1 saturated heterocycles. The van der Waals surface area contributed by atoms with Crippen LogP contribution in [0.15, 0.2) is 24.3 Å². The summed E-state index contributed by atoms with van der Waals surface area (Å²) < 4.78 is 28.4. The van der Waals surface area contributed by atoms with Crippen LogP contribution in [0.5, 0.6) is 5.75 Å². The molecule has 1 aliphatic heterocycles. The molecule has 0 saturated carbocycles. The van der Waals surface area contributed by atoms with Crippen molar-refractivity contribution >= 4 is 9.84 Å². The largest absolute Gasteiger partial charge is 0.494 e. The highest BCUT2D eigenvalue weighted by Crippen LogP contribution is 2.21. The lowest BCUT2D eigenvalue weighted by Crippen LogP contribution is -2.26. The second kappa shape index (κ2) is 7.27. The fourth-order valence-corrected chi connectivity index (χ4v) is 4.43. The Balaban J connectivity index is 1.81. The van der Waals surface area contributed by atoms with E-state index in [-0.39, 0.29) is 12.0 Å². The van der Waals surface area contributed by atoms with Gasteiger partial charge in [-0.3, -0.25) is 0 Å². The highest BCUT2D eigenvalue weighted by molar-refractivity contribution is 7.91. The highest BCUT2D eigenvalue weighted by Gasteiger charge is 2.27. The molecule has 0 radical (unpaired) electrons. The maximum atomic E-state index is 11.4. The van der Waals surface area contributed by atoms with Gasteiger partial charge in [-0.2, -0.15) is 0 Å². The Morgan fingerprint density at radius 3 is 2.62 bits per heavy atom. The summed E-state index contributed by atoms with van der Waals surface area (Å²) in [5.41, 5.74) is 1.19. The van der Waals surface area contributed by atoms with Crippen LogP contribution in [-0.2, 0) is 9.84 Å². The standard InChI is InChI=1S/C16H25NO3S/c1-3-9-20-16-6-4-15(5-7-16)13(2)17-11-14-8-10-21(18,19)12-14/h4-7,13-14,17H,3,8-12H2,1-2H3. The Kier molecular flexibility index (Phi) is 5.65. The molecule has 0 spiro atoms. The SMILES string of the molecule is CCCOc1ccc(C(C)NCC2CCS(=O)(=O)C2)cc1. The van der Waals surface area contributed by atoms with E-state index in [1.54, 1.807) is 0 Å². The molecule has 5 heteroatoms. The number of nitrogens with one attached hydrogen (secondary N) is 1. The van der Waals surface area contributed by atoms with Gasteiger partial charge in [0.05, 0.1) is 18.1 Å². The van der Waals surface area contributed by atoms with Crippen LogP contribution in [0.1, 0.15) is 38.3 Å². The van der Waals surface area contributed by atoms with Crippen molar-refractivity contribution in [3.8, 4) is 5.75 Å². The summed E-state index contributed by atoms with van der Waals surface area (Å²) >= 11 is 0. The number of rotatable bonds is 7. The third-order valence-corrected chi connectivity index (χ3v) is 5.73. The van der Waals surface area contributed by atoms with Crippen LogP contribution >= 0.6 is 0 Å². The first-order valence-corrected chi connectivity index (χ1v) is 9.49. The average molecular weight is 311 g/mol. The van der Waals surface area contributed by atoms with Crippen LogP contribution in [0.4, 0.5) is 0 Å².